The van der Waals surface area contributed by atoms with Crippen LogP contribution in [0.25, 0.3) is 0 Å². The molecule has 0 aliphatic carbocycles. The van der Waals surface area contributed by atoms with Crippen LogP contribution in [0.15, 0.2) is 22.1 Å². The van der Waals surface area contributed by atoms with Crippen LogP contribution in [-0.2, 0) is 9.53 Å². The van der Waals surface area contributed by atoms with E-state index in [0.717, 1.165) is 11.1 Å². The molecule has 1 heterocycles. The van der Waals surface area contributed by atoms with E-state index >= 15 is 0 Å². The van der Waals surface area contributed by atoms with Crippen molar-refractivity contribution < 1.29 is 19.4 Å². The number of nitrogens with zero attached hydrogens (tertiary/aromatic N) is 1. The van der Waals surface area contributed by atoms with Crippen molar-refractivity contribution in [1.29, 1.82) is 0 Å². The largest absolute Gasteiger partial charge is 0.477 e. The SMILES string of the molecule is CC1=C(/C=C(\S)C(=O)O)CN(C(=O)OC(C)(C)C)CC1. The summed E-state index contributed by atoms with van der Waals surface area (Å²) in [5.74, 6) is -1.08. The van der Waals surface area contributed by atoms with Crippen molar-refractivity contribution in [2.45, 2.75) is 39.7 Å². The maximum atomic E-state index is 12.0. The normalized spacial score (nSPS) is 17.2. The number of ether oxygens (including phenoxy) is 1. The molecule has 0 fully saturated rings. The third-order valence-electron chi connectivity index (χ3n) is 2.85. The number of carbonyl (C=O) groups excluding carboxylic acids is 1. The molecule has 0 aromatic carbocycles. The molecule has 0 saturated carbocycles. The average molecular weight is 299 g/mol. The number of amides is 1. The molecular weight excluding hydrogens is 278 g/mol. The second kappa shape index (κ2) is 6.35. The first kappa shape index (κ1) is 16.6. The quantitative estimate of drug-likeness (QED) is 0.608. The molecule has 0 radical (unpaired) electrons. The minimum absolute atomic E-state index is 0.0367. The Kier molecular flexibility index (Phi) is 5.28. The lowest BCUT2D eigenvalue weighted by Gasteiger charge is -2.31. The van der Waals surface area contributed by atoms with E-state index < -0.39 is 11.6 Å². The molecule has 1 aliphatic rings. The van der Waals surface area contributed by atoms with Crippen molar-refractivity contribution in [3.05, 3.63) is 22.1 Å². The van der Waals surface area contributed by atoms with Gasteiger partial charge in [0.1, 0.15) is 5.60 Å². The zero-order chi connectivity index (χ0) is 15.5. The van der Waals surface area contributed by atoms with Gasteiger partial charge in [-0.05, 0) is 45.8 Å². The van der Waals surface area contributed by atoms with Crippen LogP contribution >= 0.6 is 12.6 Å². The molecule has 0 unspecified atom stereocenters. The van der Waals surface area contributed by atoms with E-state index in [1.54, 1.807) is 4.90 Å². The molecule has 20 heavy (non-hydrogen) atoms. The molecule has 0 spiro atoms. The molecule has 1 N–H and O–H groups in total. The van der Waals surface area contributed by atoms with Crippen molar-refractivity contribution in [2.75, 3.05) is 13.1 Å². The molecule has 0 aromatic rings. The lowest BCUT2D eigenvalue weighted by atomic mass is 10.0. The van der Waals surface area contributed by atoms with Gasteiger partial charge in [-0.15, -0.1) is 12.6 Å². The van der Waals surface area contributed by atoms with Gasteiger partial charge in [0.05, 0.1) is 4.91 Å². The van der Waals surface area contributed by atoms with Gasteiger partial charge in [-0.2, -0.15) is 0 Å². The Labute approximate surface area is 124 Å². The number of carboxylic acid groups (broad SMARTS) is 1. The van der Waals surface area contributed by atoms with Crippen LogP contribution in [0.5, 0.6) is 0 Å². The average Bonchev–Trinajstić information content (AvgIpc) is 2.29. The van der Waals surface area contributed by atoms with Gasteiger partial charge >= 0.3 is 12.1 Å². The summed E-state index contributed by atoms with van der Waals surface area (Å²) in [6.45, 7) is 8.29. The third kappa shape index (κ3) is 4.92. The Hall–Kier alpha value is -1.43. The van der Waals surface area contributed by atoms with Crippen molar-refractivity contribution in [2.24, 2.45) is 0 Å². The molecule has 5 nitrogen and oxygen atoms in total. The van der Waals surface area contributed by atoms with E-state index in [-0.39, 0.29) is 11.0 Å². The number of hydrogen-bond donors (Lipinski definition) is 2. The molecular formula is C14H21NO4S. The van der Waals surface area contributed by atoms with E-state index in [1.165, 1.54) is 6.08 Å². The molecule has 0 bridgehead atoms. The smallest absolute Gasteiger partial charge is 0.410 e. The van der Waals surface area contributed by atoms with Gasteiger partial charge in [-0.25, -0.2) is 9.59 Å². The zero-order valence-electron chi connectivity index (χ0n) is 12.3. The molecule has 0 atom stereocenters. The fraction of sp³-hybridized carbons (Fsp3) is 0.571. The van der Waals surface area contributed by atoms with Crippen LogP contribution in [0, 0.1) is 0 Å². The first-order chi connectivity index (χ1) is 9.10. The Morgan fingerprint density at radius 3 is 2.50 bits per heavy atom. The van der Waals surface area contributed by atoms with Gasteiger partial charge in [0.2, 0.25) is 0 Å². The maximum absolute atomic E-state index is 12.0. The van der Waals surface area contributed by atoms with Gasteiger partial charge in [0, 0.05) is 13.1 Å². The van der Waals surface area contributed by atoms with Crippen LogP contribution in [0.3, 0.4) is 0 Å². The van der Waals surface area contributed by atoms with Gasteiger partial charge in [0.25, 0.3) is 0 Å². The van der Waals surface area contributed by atoms with E-state index in [9.17, 15) is 9.59 Å². The van der Waals surface area contributed by atoms with E-state index in [1.807, 2.05) is 27.7 Å². The van der Waals surface area contributed by atoms with Gasteiger partial charge < -0.3 is 14.7 Å². The van der Waals surface area contributed by atoms with Crippen molar-refractivity contribution in [3.63, 3.8) is 0 Å². The zero-order valence-corrected chi connectivity index (χ0v) is 13.2. The summed E-state index contributed by atoms with van der Waals surface area (Å²) < 4.78 is 5.32. The number of hydrogen-bond acceptors (Lipinski definition) is 4. The summed E-state index contributed by atoms with van der Waals surface area (Å²) >= 11 is 3.92. The van der Waals surface area contributed by atoms with Crippen LogP contribution in [0.4, 0.5) is 4.79 Å². The lowest BCUT2D eigenvalue weighted by molar-refractivity contribution is -0.131. The predicted molar refractivity (Wildman–Crippen MR) is 79.8 cm³/mol. The lowest BCUT2D eigenvalue weighted by Crippen LogP contribution is -2.40. The van der Waals surface area contributed by atoms with Crippen molar-refractivity contribution in [3.8, 4) is 0 Å². The van der Waals surface area contributed by atoms with Crippen molar-refractivity contribution in [1.82, 2.24) is 4.90 Å². The maximum Gasteiger partial charge on any atom is 0.410 e. The minimum Gasteiger partial charge on any atom is -0.477 e. The number of carbonyl (C=O) groups is 2. The molecule has 112 valence electrons. The third-order valence-corrected chi connectivity index (χ3v) is 3.17. The first-order valence-corrected chi connectivity index (χ1v) is 6.85. The fourth-order valence-corrected chi connectivity index (χ4v) is 1.92. The van der Waals surface area contributed by atoms with Crippen molar-refractivity contribution >= 4 is 24.7 Å². The first-order valence-electron chi connectivity index (χ1n) is 6.40. The van der Waals surface area contributed by atoms with Crippen LogP contribution in [0.1, 0.15) is 34.1 Å². The highest BCUT2D eigenvalue weighted by Gasteiger charge is 2.25. The summed E-state index contributed by atoms with van der Waals surface area (Å²) in [7, 11) is 0. The Balaban J connectivity index is 2.83. The minimum atomic E-state index is -1.08. The standard InChI is InChI=1S/C14H21NO4S/c1-9-5-6-15(13(18)19-14(2,3)4)8-10(9)7-11(20)12(16)17/h7,20H,5-6,8H2,1-4H3,(H,16,17)/b11-7-. The summed E-state index contributed by atoms with van der Waals surface area (Å²) in [5.41, 5.74) is 1.33. The highest BCUT2D eigenvalue weighted by Crippen LogP contribution is 2.22. The summed E-state index contributed by atoms with van der Waals surface area (Å²) in [4.78, 5) is 24.4. The predicted octanol–water partition coefficient (Wildman–Crippen LogP) is 2.84. The highest BCUT2D eigenvalue weighted by molar-refractivity contribution is 7.85. The van der Waals surface area contributed by atoms with Gasteiger partial charge in [-0.3, -0.25) is 0 Å². The highest BCUT2D eigenvalue weighted by atomic mass is 32.1. The summed E-state index contributed by atoms with van der Waals surface area (Å²) in [6.07, 6.45) is 1.82. The van der Waals surface area contributed by atoms with Crippen LogP contribution in [-0.4, -0.2) is 40.8 Å². The Morgan fingerprint density at radius 2 is 2.00 bits per heavy atom. The molecule has 0 aromatic heterocycles. The number of carboxylic acids is 1. The van der Waals surface area contributed by atoms with E-state index in [0.29, 0.717) is 19.5 Å². The number of aliphatic carboxylic acids is 1. The van der Waals surface area contributed by atoms with Crippen LogP contribution in [0.2, 0.25) is 0 Å². The fourth-order valence-electron chi connectivity index (χ4n) is 1.76. The summed E-state index contributed by atoms with van der Waals surface area (Å²) in [5, 5.41) is 8.85. The molecule has 1 amide bonds. The van der Waals surface area contributed by atoms with Gasteiger partial charge in [-0.1, -0.05) is 5.57 Å². The number of rotatable bonds is 2. The van der Waals surface area contributed by atoms with Gasteiger partial charge in [0.15, 0.2) is 0 Å². The van der Waals surface area contributed by atoms with E-state index in [4.69, 9.17) is 9.84 Å². The molecule has 0 saturated heterocycles. The summed E-state index contributed by atoms with van der Waals surface area (Å²) in [6, 6.07) is 0. The van der Waals surface area contributed by atoms with E-state index in [2.05, 4.69) is 12.6 Å². The second-order valence-electron chi connectivity index (χ2n) is 5.79. The molecule has 1 aliphatic heterocycles. The topological polar surface area (TPSA) is 66.8 Å². The second-order valence-corrected chi connectivity index (χ2v) is 6.27. The molecule has 6 heteroatoms. The molecule has 1 rings (SSSR count). The number of thiol groups is 1. The monoisotopic (exact) mass is 299 g/mol. The Morgan fingerprint density at radius 1 is 1.40 bits per heavy atom. The Bertz CT molecular complexity index is 474. The van der Waals surface area contributed by atoms with Crippen LogP contribution < -0.4 is 0 Å².